The van der Waals surface area contributed by atoms with Crippen molar-refractivity contribution in [2.75, 3.05) is 11.4 Å². The Labute approximate surface area is 82.7 Å². The van der Waals surface area contributed by atoms with Gasteiger partial charge in [-0.2, -0.15) is 0 Å². The van der Waals surface area contributed by atoms with E-state index >= 15 is 0 Å². The Morgan fingerprint density at radius 1 is 1.43 bits per heavy atom. The molecule has 0 spiro atoms. The fourth-order valence-electron chi connectivity index (χ4n) is 2.70. The van der Waals surface area contributed by atoms with Crippen LogP contribution in [0.15, 0.2) is 16.5 Å². The van der Waals surface area contributed by atoms with Crippen LogP contribution in [0.2, 0.25) is 0 Å². The molecular weight excluding hydrogens is 178 g/mol. The molecule has 0 N–H and O–H groups in total. The normalized spacial score (nSPS) is 29.9. The van der Waals surface area contributed by atoms with Gasteiger partial charge in [0, 0.05) is 18.7 Å². The number of anilines is 1. The lowest BCUT2D eigenvalue weighted by molar-refractivity contribution is 0.110. The number of aldehydes is 1. The quantitative estimate of drug-likeness (QED) is 0.671. The largest absolute Gasteiger partial charge is 0.438 e. The molecular formula is C11H13NO2. The summed E-state index contributed by atoms with van der Waals surface area (Å²) in [4.78, 5) is 12.7. The minimum Gasteiger partial charge on any atom is -0.438 e. The summed E-state index contributed by atoms with van der Waals surface area (Å²) >= 11 is 0. The number of hydrogen-bond donors (Lipinski definition) is 0. The van der Waals surface area contributed by atoms with Crippen molar-refractivity contribution in [3.63, 3.8) is 0 Å². The lowest BCUT2D eigenvalue weighted by Crippen LogP contribution is -2.53. The van der Waals surface area contributed by atoms with E-state index in [-0.39, 0.29) is 0 Å². The Hall–Kier alpha value is -1.25. The van der Waals surface area contributed by atoms with Crippen LogP contribution in [0, 0.1) is 5.92 Å². The molecule has 2 unspecified atom stereocenters. The minimum absolute atomic E-state index is 0.432. The van der Waals surface area contributed by atoms with E-state index in [1.54, 1.807) is 6.07 Å². The van der Waals surface area contributed by atoms with Gasteiger partial charge >= 0.3 is 0 Å². The number of furan rings is 1. The van der Waals surface area contributed by atoms with Crippen molar-refractivity contribution in [2.45, 2.75) is 25.3 Å². The van der Waals surface area contributed by atoms with Gasteiger partial charge in [0.2, 0.25) is 0 Å². The Balaban J connectivity index is 1.80. The first-order chi connectivity index (χ1) is 6.88. The molecule has 1 aliphatic heterocycles. The molecule has 1 aromatic rings. The van der Waals surface area contributed by atoms with Gasteiger partial charge in [-0.3, -0.25) is 4.79 Å². The number of rotatable bonds is 2. The number of fused-ring (bicyclic) bond motifs is 1. The van der Waals surface area contributed by atoms with E-state index in [1.165, 1.54) is 19.3 Å². The SMILES string of the molecule is O=Cc1ccc(N2CC3CCCC32)o1. The first-order valence-electron chi connectivity index (χ1n) is 5.20. The van der Waals surface area contributed by atoms with Crippen LogP contribution >= 0.6 is 0 Å². The topological polar surface area (TPSA) is 33.5 Å². The summed E-state index contributed by atoms with van der Waals surface area (Å²) in [6, 6.07) is 4.32. The van der Waals surface area contributed by atoms with Crippen LogP contribution in [-0.4, -0.2) is 18.9 Å². The predicted octanol–water partition coefficient (Wildman–Crippen LogP) is 2.08. The van der Waals surface area contributed by atoms with Crippen LogP contribution < -0.4 is 4.90 Å². The second-order valence-electron chi connectivity index (χ2n) is 4.20. The molecule has 0 bridgehead atoms. The van der Waals surface area contributed by atoms with Crippen molar-refractivity contribution in [3.05, 3.63) is 17.9 Å². The number of carbonyl (C=O) groups is 1. The summed E-state index contributed by atoms with van der Waals surface area (Å²) in [6.07, 6.45) is 4.74. The second-order valence-corrected chi connectivity index (χ2v) is 4.20. The molecule has 1 saturated heterocycles. The van der Waals surface area contributed by atoms with Crippen LogP contribution in [0.1, 0.15) is 29.8 Å². The average Bonchev–Trinajstić information content (AvgIpc) is 2.75. The van der Waals surface area contributed by atoms with Gasteiger partial charge in [0.15, 0.2) is 17.9 Å². The Morgan fingerprint density at radius 3 is 3.07 bits per heavy atom. The maximum atomic E-state index is 10.5. The van der Waals surface area contributed by atoms with E-state index in [2.05, 4.69) is 4.90 Å². The maximum absolute atomic E-state index is 10.5. The third-order valence-electron chi connectivity index (χ3n) is 3.46. The van der Waals surface area contributed by atoms with Crippen LogP contribution in [0.5, 0.6) is 0 Å². The zero-order valence-electron chi connectivity index (χ0n) is 7.98. The number of carbonyl (C=O) groups excluding carboxylic acids is 1. The summed E-state index contributed by atoms with van der Waals surface area (Å²) in [7, 11) is 0. The van der Waals surface area contributed by atoms with Gasteiger partial charge < -0.3 is 9.32 Å². The minimum atomic E-state index is 0.432. The van der Waals surface area contributed by atoms with Crippen LogP contribution in [-0.2, 0) is 0 Å². The Bertz CT molecular complexity index is 358. The molecule has 2 aliphatic rings. The monoisotopic (exact) mass is 191 g/mol. The molecule has 2 atom stereocenters. The molecule has 3 heteroatoms. The third kappa shape index (κ3) is 1.01. The molecule has 3 rings (SSSR count). The van der Waals surface area contributed by atoms with Gasteiger partial charge in [-0.15, -0.1) is 0 Å². The molecule has 3 nitrogen and oxygen atoms in total. The van der Waals surface area contributed by atoms with Crippen molar-refractivity contribution in [3.8, 4) is 0 Å². The van der Waals surface area contributed by atoms with Crippen molar-refractivity contribution in [2.24, 2.45) is 5.92 Å². The highest BCUT2D eigenvalue weighted by atomic mass is 16.4. The summed E-state index contributed by atoms with van der Waals surface area (Å²) in [5.74, 6) is 2.18. The molecule has 0 radical (unpaired) electrons. The van der Waals surface area contributed by atoms with Crippen LogP contribution in [0.25, 0.3) is 0 Å². The molecule has 2 fully saturated rings. The fourth-order valence-corrected chi connectivity index (χ4v) is 2.70. The first kappa shape index (κ1) is 8.09. The highest BCUT2D eigenvalue weighted by Crippen LogP contribution is 2.41. The zero-order valence-corrected chi connectivity index (χ0v) is 7.98. The smallest absolute Gasteiger partial charge is 0.196 e. The molecule has 1 aromatic heterocycles. The van der Waals surface area contributed by atoms with E-state index in [0.29, 0.717) is 11.8 Å². The lowest BCUT2D eigenvalue weighted by Gasteiger charge is -2.44. The van der Waals surface area contributed by atoms with Crippen molar-refractivity contribution >= 4 is 12.2 Å². The molecule has 14 heavy (non-hydrogen) atoms. The van der Waals surface area contributed by atoms with E-state index in [9.17, 15) is 4.79 Å². The maximum Gasteiger partial charge on any atom is 0.196 e. The van der Waals surface area contributed by atoms with Gasteiger partial charge in [-0.1, -0.05) is 6.42 Å². The van der Waals surface area contributed by atoms with Crippen LogP contribution in [0.3, 0.4) is 0 Å². The number of hydrogen-bond acceptors (Lipinski definition) is 3. The molecule has 0 aromatic carbocycles. The van der Waals surface area contributed by atoms with Crippen LogP contribution in [0.4, 0.5) is 5.88 Å². The van der Waals surface area contributed by atoms with Gasteiger partial charge in [0.1, 0.15) is 0 Å². The van der Waals surface area contributed by atoms with Gasteiger partial charge in [0.05, 0.1) is 0 Å². The molecule has 1 aliphatic carbocycles. The summed E-state index contributed by atoms with van der Waals surface area (Å²) in [5.41, 5.74) is 0. The molecule has 0 amide bonds. The highest BCUT2D eigenvalue weighted by Gasteiger charge is 2.43. The van der Waals surface area contributed by atoms with Crippen molar-refractivity contribution in [1.82, 2.24) is 0 Å². The lowest BCUT2D eigenvalue weighted by atomic mass is 9.92. The fraction of sp³-hybridized carbons (Fsp3) is 0.545. The zero-order chi connectivity index (χ0) is 9.54. The second kappa shape index (κ2) is 2.87. The van der Waals surface area contributed by atoms with Gasteiger partial charge in [-0.25, -0.2) is 0 Å². The van der Waals surface area contributed by atoms with E-state index in [1.807, 2.05) is 6.07 Å². The first-order valence-corrected chi connectivity index (χ1v) is 5.20. The summed E-state index contributed by atoms with van der Waals surface area (Å²) in [6.45, 7) is 1.11. The van der Waals surface area contributed by atoms with Crippen molar-refractivity contribution < 1.29 is 9.21 Å². The van der Waals surface area contributed by atoms with E-state index < -0.39 is 0 Å². The average molecular weight is 191 g/mol. The predicted molar refractivity (Wildman–Crippen MR) is 52.6 cm³/mol. The molecule has 1 saturated carbocycles. The standard InChI is InChI=1S/C11H13NO2/c13-7-9-4-5-11(14-9)12-6-8-2-1-3-10(8)12/h4-5,7-8,10H,1-3,6H2. The summed E-state index contributed by atoms with van der Waals surface area (Å²) < 4.78 is 5.40. The Kier molecular flexibility index (Phi) is 1.66. The van der Waals surface area contributed by atoms with Crippen molar-refractivity contribution in [1.29, 1.82) is 0 Å². The number of nitrogens with zero attached hydrogens (tertiary/aromatic N) is 1. The summed E-state index contributed by atoms with van der Waals surface area (Å²) in [5, 5.41) is 0. The Morgan fingerprint density at radius 2 is 2.36 bits per heavy atom. The van der Waals surface area contributed by atoms with Gasteiger partial charge in [-0.05, 0) is 24.8 Å². The van der Waals surface area contributed by atoms with Gasteiger partial charge in [0.25, 0.3) is 0 Å². The molecule has 2 heterocycles. The van der Waals surface area contributed by atoms with E-state index in [4.69, 9.17) is 4.42 Å². The van der Waals surface area contributed by atoms with E-state index in [0.717, 1.165) is 24.6 Å². The third-order valence-corrected chi connectivity index (χ3v) is 3.46. The molecule has 74 valence electrons. The highest BCUT2D eigenvalue weighted by molar-refractivity contribution is 5.71.